The van der Waals surface area contributed by atoms with Crippen LogP contribution in [0.4, 0.5) is 0 Å². The van der Waals surface area contributed by atoms with E-state index in [1.54, 1.807) is 36.4 Å². The van der Waals surface area contributed by atoms with Crippen molar-refractivity contribution < 1.29 is 19.1 Å². The van der Waals surface area contributed by atoms with Gasteiger partial charge >= 0.3 is 11.9 Å². The maximum atomic E-state index is 12.1. The molecule has 2 aromatic carbocycles. The number of carbonyl (C=O) groups is 2. The molecule has 0 aliphatic heterocycles. The standard InChI is InChI=1S/C16H13BrO4/c1-20-16(19)13-4-2-3-5-14(13)21-15(18)12-8-6-11(10-17)7-9-12/h2-9H,10H2,1H3. The fraction of sp³-hybridized carbons (Fsp3) is 0.125. The first kappa shape index (κ1) is 15.3. The molecular formula is C16H13BrO4. The fourth-order valence-electron chi connectivity index (χ4n) is 1.72. The van der Waals surface area contributed by atoms with Crippen molar-refractivity contribution in [2.45, 2.75) is 5.33 Å². The van der Waals surface area contributed by atoms with E-state index >= 15 is 0 Å². The van der Waals surface area contributed by atoms with E-state index in [0.29, 0.717) is 10.9 Å². The summed E-state index contributed by atoms with van der Waals surface area (Å²) in [7, 11) is 1.28. The Morgan fingerprint density at radius 3 is 2.29 bits per heavy atom. The summed E-state index contributed by atoms with van der Waals surface area (Å²) in [6, 6.07) is 13.5. The summed E-state index contributed by atoms with van der Waals surface area (Å²) >= 11 is 3.34. The van der Waals surface area contributed by atoms with Gasteiger partial charge in [-0.25, -0.2) is 9.59 Å². The third-order valence-corrected chi connectivity index (χ3v) is 3.49. The average Bonchev–Trinajstić information content (AvgIpc) is 2.54. The summed E-state index contributed by atoms with van der Waals surface area (Å²) in [5.41, 5.74) is 1.69. The number of halogens is 1. The number of carbonyl (C=O) groups excluding carboxylic acids is 2. The molecule has 2 rings (SSSR count). The van der Waals surface area contributed by atoms with Crippen LogP contribution in [-0.2, 0) is 10.1 Å². The lowest BCUT2D eigenvalue weighted by Gasteiger charge is -2.08. The van der Waals surface area contributed by atoms with Gasteiger partial charge in [0.1, 0.15) is 11.3 Å². The highest BCUT2D eigenvalue weighted by Crippen LogP contribution is 2.20. The van der Waals surface area contributed by atoms with E-state index in [1.165, 1.54) is 7.11 Å². The maximum Gasteiger partial charge on any atom is 0.343 e. The summed E-state index contributed by atoms with van der Waals surface area (Å²) in [6.07, 6.45) is 0. The zero-order valence-electron chi connectivity index (χ0n) is 11.3. The Kier molecular flexibility index (Phi) is 5.11. The van der Waals surface area contributed by atoms with Crippen LogP contribution in [0, 0.1) is 0 Å². The SMILES string of the molecule is COC(=O)c1ccccc1OC(=O)c1ccc(CBr)cc1. The van der Waals surface area contributed by atoms with Crippen LogP contribution in [-0.4, -0.2) is 19.0 Å². The lowest BCUT2D eigenvalue weighted by molar-refractivity contribution is 0.0593. The molecular weight excluding hydrogens is 336 g/mol. The van der Waals surface area contributed by atoms with Crippen molar-refractivity contribution in [1.29, 1.82) is 0 Å². The van der Waals surface area contributed by atoms with E-state index in [2.05, 4.69) is 20.7 Å². The van der Waals surface area contributed by atoms with E-state index < -0.39 is 11.9 Å². The molecule has 2 aromatic rings. The minimum Gasteiger partial charge on any atom is -0.465 e. The van der Waals surface area contributed by atoms with E-state index in [-0.39, 0.29) is 11.3 Å². The highest BCUT2D eigenvalue weighted by molar-refractivity contribution is 9.08. The molecule has 0 amide bonds. The second-order valence-electron chi connectivity index (χ2n) is 4.21. The number of ether oxygens (including phenoxy) is 2. The molecule has 0 aliphatic carbocycles. The van der Waals surface area contributed by atoms with Gasteiger partial charge in [-0.05, 0) is 29.8 Å². The molecule has 0 radical (unpaired) electrons. The first-order chi connectivity index (χ1) is 10.2. The molecule has 4 nitrogen and oxygen atoms in total. The Bertz CT molecular complexity index is 650. The zero-order chi connectivity index (χ0) is 15.2. The normalized spacial score (nSPS) is 10.0. The van der Waals surface area contributed by atoms with Crippen LogP contribution < -0.4 is 4.74 Å². The second-order valence-corrected chi connectivity index (χ2v) is 4.77. The van der Waals surface area contributed by atoms with Crippen LogP contribution in [0.2, 0.25) is 0 Å². The average molecular weight is 349 g/mol. The van der Waals surface area contributed by atoms with Crippen LogP contribution in [0.1, 0.15) is 26.3 Å². The molecule has 0 fully saturated rings. The molecule has 0 saturated heterocycles. The molecule has 0 atom stereocenters. The Balaban J connectivity index is 2.21. The second kappa shape index (κ2) is 7.04. The van der Waals surface area contributed by atoms with Gasteiger partial charge < -0.3 is 9.47 Å². The molecule has 0 aromatic heterocycles. The number of hydrogen-bond donors (Lipinski definition) is 0. The minimum absolute atomic E-state index is 0.180. The summed E-state index contributed by atoms with van der Waals surface area (Å²) in [5.74, 6) is -0.889. The van der Waals surface area contributed by atoms with Crippen LogP contribution in [0.15, 0.2) is 48.5 Å². The van der Waals surface area contributed by atoms with E-state index in [9.17, 15) is 9.59 Å². The highest BCUT2D eigenvalue weighted by Gasteiger charge is 2.16. The van der Waals surface area contributed by atoms with Gasteiger partial charge in [-0.3, -0.25) is 0 Å². The molecule has 0 bridgehead atoms. The molecule has 0 spiro atoms. The molecule has 0 heterocycles. The van der Waals surface area contributed by atoms with Crippen LogP contribution >= 0.6 is 15.9 Å². The predicted octanol–water partition coefficient (Wildman–Crippen LogP) is 3.59. The number of hydrogen-bond acceptors (Lipinski definition) is 4. The van der Waals surface area contributed by atoms with Crippen LogP contribution in [0.25, 0.3) is 0 Å². The summed E-state index contributed by atoms with van der Waals surface area (Å²) < 4.78 is 9.94. The number of esters is 2. The molecule has 0 saturated carbocycles. The van der Waals surface area contributed by atoms with Crippen molar-refractivity contribution in [2.24, 2.45) is 0 Å². The van der Waals surface area contributed by atoms with E-state index in [1.807, 2.05) is 12.1 Å². The van der Waals surface area contributed by atoms with Gasteiger partial charge in [0.2, 0.25) is 0 Å². The van der Waals surface area contributed by atoms with E-state index in [4.69, 9.17) is 4.74 Å². The summed E-state index contributed by atoms with van der Waals surface area (Å²) in [5, 5.41) is 0.716. The first-order valence-electron chi connectivity index (χ1n) is 6.20. The number of para-hydroxylation sites is 1. The van der Waals surface area contributed by atoms with Gasteiger partial charge in [-0.1, -0.05) is 40.2 Å². The fourth-order valence-corrected chi connectivity index (χ4v) is 2.10. The van der Waals surface area contributed by atoms with Gasteiger partial charge in [-0.15, -0.1) is 0 Å². The number of benzene rings is 2. The highest BCUT2D eigenvalue weighted by atomic mass is 79.9. The lowest BCUT2D eigenvalue weighted by atomic mass is 10.1. The monoisotopic (exact) mass is 348 g/mol. The van der Waals surface area contributed by atoms with Crippen molar-refractivity contribution in [1.82, 2.24) is 0 Å². The van der Waals surface area contributed by atoms with Crippen molar-refractivity contribution in [3.05, 3.63) is 65.2 Å². The maximum absolute atomic E-state index is 12.1. The third kappa shape index (κ3) is 3.70. The molecule has 0 unspecified atom stereocenters. The Hall–Kier alpha value is -2.14. The van der Waals surface area contributed by atoms with Gasteiger partial charge in [0.05, 0.1) is 12.7 Å². The summed E-state index contributed by atoms with van der Waals surface area (Å²) in [6.45, 7) is 0. The molecule has 0 N–H and O–H groups in total. The zero-order valence-corrected chi connectivity index (χ0v) is 12.9. The Morgan fingerprint density at radius 1 is 1.00 bits per heavy atom. The Labute approximate surface area is 130 Å². The minimum atomic E-state index is -0.548. The number of alkyl halides is 1. The largest absolute Gasteiger partial charge is 0.465 e. The van der Waals surface area contributed by atoms with Gasteiger partial charge in [0, 0.05) is 5.33 Å². The van der Waals surface area contributed by atoms with Gasteiger partial charge in [0.25, 0.3) is 0 Å². The number of methoxy groups -OCH3 is 1. The number of rotatable bonds is 4. The quantitative estimate of drug-likeness (QED) is 0.481. The third-order valence-electron chi connectivity index (χ3n) is 2.84. The van der Waals surface area contributed by atoms with E-state index in [0.717, 1.165) is 5.56 Å². The molecule has 108 valence electrons. The molecule has 21 heavy (non-hydrogen) atoms. The van der Waals surface area contributed by atoms with Crippen LogP contribution in [0.5, 0.6) is 5.75 Å². The van der Waals surface area contributed by atoms with Crippen molar-refractivity contribution in [3.63, 3.8) is 0 Å². The topological polar surface area (TPSA) is 52.6 Å². The van der Waals surface area contributed by atoms with Crippen molar-refractivity contribution in [2.75, 3.05) is 7.11 Å². The van der Waals surface area contributed by atoms with Crippen molar-refractivity contribution in [3.8, 4) is 5.75 Å². The van der Waals surface area contributed by atoms with Gasteiger partial charge in [0.15, 0.2) is 0 Å². The lowest BCUT2D eigenvalue weighted by Crippen LogP contribution is -2.12. The summed E-state index contributed by atoms with van der Waals surface area (Å²) in [4.78, 5) is 23.7. The smallest absolute Gasteiger partial charge is 0.343 e. The molecule has 0 aliphatic rings. The van der Waals surface area contributed by atoms with Crippen LogP contribution in [0.3, 0.4) is 0 Å². The predicted molar refractivity (Wildman–Crippen MR) is 81.8 cm³/mol. The Morgan fingerprint density at radius 2 is 1.67 bits per heavy atom. The van der Waals surface area contributed by atoms with Crippen molar-refractivity contribution >= 4 is 27.9 Å². The molecule has 5 heteroatoms. The first-order valence-corrected chi connectivity index (χ1v) is 7.32. The van der Waals surface area contributed by atoms with Gasteiger partial charge in [-0.2, -0.15) is 0 Å².